The SMILES string of the molecule is O=C(c1c(F)cccc1Cl)N1C[C@@H]2CCCN[C@@H]2C1. The van der Waals surface area contributed by atoms with E-state index in [0.29, 0.717) is 25.0 Å². The number of carbonyl (C=O) groups excluding carboxylic acids is 1. The van der Waals surface area contributed by atoms with Crippen LogP contribution in [0.5, 0.6) is 0 Å². The minimum atomic E-state index is -0.541. The molecule has 2 fully saturated rings. The second-order valence-corrected chi connectivity index (χ2v) is 5.68. The number of rotatable bonds is 1. The van der Waals surface area contributed by atoms with E-state index in [0.717, 1.165) is 19.4 Å². The number of benzene rings is 1. The molecule has 2 aliphatic rings. The highest BCUT2D eigenvalue weighted by Gasteiger charge is 2.37. The molecule has 1 N–H and O–H groups in total. The Morgan fingerprint density at radius 1 is 1.42 bits per heavy atom. The van der Waals surface area contributed by atoms with E-state index in [-0.39, 0.29) is 16.5 Å². The number of fused-ring (bicyclic) bond motifs is 1. The van der Waals surface area contributed by atoms with Crippen LogP contribution in [0, 0.1) is 11.7 Å². The first-order chi connectivity index (χ1) is 9.16. The zero-order chi connectivity index (χ0) is 13.4. The molecule has 3 nitrogen and oxygen atoms in total. The lowest BCUT2D eigenvalue weighted by Gasteiger charge is -2.24. The first-order valence-electron chi connectivity index (χ1n) is 6.63. The molecule has 0 aromatic heterocycles. The molecule has 0 saturated carbocycles. The molecular formula is C14H16ClFN2O. The first-order valence-corrected chi connectivity index (χ1v) is 7.01. The largest absolute Gasteiger partial charge is 0.337 e. The maximum absolute atomic E-state index is 13.8. The van der Waals surface area contributed by atoms with E-state index in [2.05, 4.69) is 5.32 Å². The molecule has 1 aromatic carbocycles. The lowest BCUT2D eigenvalue weighted by atomic mass is 9.94. The van der Waals surface area contributed by atoms with Gasteiger partial charge in [0.15, 0.2) is 0 Å². The maximum atomic E-state index is 13.8. The fourth-order valence-corrected chi connectivity index (χ4v) is 3.32. The van der Waals surface area contributed by atoms with Crippen molar-refractivity contribution < 1.29 is 9.18 Å². The van der Waals surface area contributed by atoms with E-state index in [1.54, 1.807) is 11.0 Å². The van der Waals surface area contributed by atoms with Gasteiger partial charge in [-0.2, -0.15) is 0 Å². The van der Waals surface area contributed by atoms with Crippen LogP contribution in [0.1, 0.15) is 23.2 Å². The second kappa shape index (κ2) is 5.10. The van der Waals surface area contributed by atoms with Crippen molar-refractivity contribution in [1.82, 2.24) is 10.2 Å². The Labute approximate surface area is 116 Å². The number of piperidine rings is 1. The van der Waals surface area contributed by atoms with Crippen LogP contribution in [-0.4, -0.2) is 36.5 Å². The Hall–Kier alpha value is -1.13. The predicted octanol–water partition coefficient (Wildman–Crippen LogP) is 2.30. The number of nitrogens with one attached hydrogen (secondary N) is 1. The highest BCUT2D eigenvalue weighted by Crippen LogP contribution is 2.28. The summed E-state index contributed by atoms with van der Waals surface area (Å²) in [5.74, 6) is -0.345. The minimum Gasteiger partial charge on any atom is -0.337 e. The number of likely N-dealkylation sites (tertiary alicyclic amines) is 1. The first kappa shape index (κ1) is 12.9. The average molecular weight is 283 g/mol. The van der Waals surface area contributed by atoms with Gasteiger partial charge in [0.25, 0.3) is 5.91 Å². The fraction of sp³-hybridized carbons (Fsp3) is 0.500. The molecule has 0 radical (unpaired) electrons. The van der Waals surface area contributed by atoms with Crippen LogP contribution in [0.2, 0.25) is 5.02 Å². The number of hydrogen-bond donors (Lipinski definition) is 1. The van der Waals surface area contributed by atoms with Crippen LogP contribution >= 0.6 is 11.6 Å². The molecule has 5 heteroatoms. The number of halogens is 2. The Kier molecular flexibility index (Phi) is 3.46. The zero-order valence-electron chi connectivity index (χ0n) is 10.5. The van der Waals surface area contributed by atoms with Gasteiger partial charge in [-0.15, -0.1) is 0 Å². The minimum absolute atomic E-state index is 0.00261. The van der Waals surface area contributed by atoms with Crippen molar-refractivity contribution in [2.45, 2.75) is 18.9 Å². The van der Waals surface area contributed by atoms with Gasteiger partial charge in [-0.1, -0.05) is 17.7 Å². The molecule has 2 atom stereocenters. The standard InChI is InChI=1S/C14H16ClFN2O/c15-10-4-1-5-11(16)13(10)14(19)18-7-9-3-2-6-17-12(9)8-18/h1,4-5,9,12,17H,2-3,6-8H2/t9-,12+/m0/s1. The molecule has 3 rings (SSSR count). The Morgan fingerprint density at radius 3 is 3.00 bits per heavy atom. The number of amides is 1. The van der Waals surface area contributed by atoms with Crippen molar-refractivity contribution >= 4 is 17.5 Å². The van der Waals surface area contributed by atoms with Crippen molar-refractivity contribution in [3.63, 3.8) is 0 Å². The molecule has 0 bridgehead atoms. The highest BCUT2D eigenvalue weighted by molar-refractivity contribution is 6.33. The van der Waals surface area contributed by atoms with Crippen molar-refractivity contribution in [3.05, 3.63) is 34.6 Å². The molecule has 19 heavy (non-hydrogen) atoms. The smallest absolute Gasteiger partial charge is 0.258 e. The molecule has 2 heterocycles. The van der Waals surface area contributed by atoms with Crippen molar-refractivity contribution in [2.24, 2.45) is 5.92 Å². The van der Waals surface area contributed by atoms with Gasteiger partial charge in [-0.25, -0.2) is 4.39 Å². The van der Waals surface area contributed by atoms with Crippen molar-refractivity contribution in [2.75, 3.05) is 19.6 Å². The summed E-state index contributed by atoms with van der Waals surface area (Å²) in [5, 5.41) is 3.61. The van der Waals surface area contributed by atoms with Gasteiger partial charge in [0.2, 0.25) is 0 Å². The molecule has 0 spiro atoms. The van der Waals surface area contributed by atoms with Crippen LogP contribution in [0.25, 0.3) is 0 Å². The Bertz CT molecular complexity index is 474. The molecule has 0 aliphatic carbocycles. The van der Waals surface area contributed by atoms with Gasteiger partial charge in [0.05, 0.1) is 10.6 Å². The molecule has 2 saturated heterocycles. The van der Waals surface area contributed by atoms with Gasteiger partial charge in [-0.3, -0.25) is 4.79 Å². The Balaban J connectivity index is 1.81. The lowest BCUT2D eigenvalue weighted by Crippen LogP contribution is -2.41. The predicted molar refractivity (Wildman–Crippen MR) is 71.8 cm³/mol. The van der Waals surface area contributed by atoms with Crippen LogP contribution in [0.4, 0.5) is 4.39 Å². The monoisotopic (exact) mass is 282 g/mol. The third kappa shape index (κ3) is 2.35. The summed E-state index contributed by atoms with van der Waals surface area (Å²) < 4.78 is 13.8. The fourth-order valence-electron chi connectivity index (χ4n) is 3.07. The summed E-state index contributed by atoms with van der Waals surface area (Å²) in [5.41, 5.74) is 0.00261. The average Bonchev–Trinajstić information content (AvgIpc) is 2.82. The summed E-state index contributed by atoms with van der Waals surface area (Å²) in [6.07, 6.45) is 2.27. The van der Waals surface area contributed by atoms with Crippen molar-refractivity contribution in [3.8, 4) is 0 Å². The molecule has 0 unspecified atom stereocenters. The van der Waals surface area contributed by atoms with Gasteiger partial charge in [-0.05, 0) is 37.4 Å². The summed E-state index contributed by atoms with van der Waals surface area (Å²) in [6, 6.07) is 4.70. The van der Waals surface area contributed by atoms with Crippen LogP contribution < -0.4 is 5.32 Å². The number of nitrogens with zero attached hydrogens (tertiary/aromatic N) is 1. The van der Waals surface area contributed by atoms with Gasteiger partial charge < -0.3 is 10.2 Å². The van der Waals surface area contributed by atoms with Gasteiger partial charge in [0.1, 0.15) is 5.82 Å². The third-order valence-electron chi connectivity index (χ3n) is 4.06. The van der Waals surface area contributed by atoms with E-state index >= 15 is 0 Å². The summed E-state index contributed by atoms with van der Waals surface area (Å²) >= 11 is 5.95. The molecule has 102 valence electrons. The molecule has 1 aromatic rings. The van der Waals surface area contributed by atoms with E-state index in [1.807, 2.05) is 0 Å². The van der Waals surface area contributed by atoms with Gasteiger partial charge in [0, 0.05) is 19.1 Å². The van der Waals surface area contributed by atoms with E-state index in [9.17, 15) is 9.18 Å². The highest BCUT2D eigenvalue weighted by atomic mass is 35.5. The lowest BCUT2D eigenvalue weighted by molar-refractivity contribution is 0.0781. The molecule has 1 amide bonds. The van der Waals surface area contributed by atoms with E-state index in [1.165, 1.54) is 12.1 Å². The number of carbonyl (C=O) groups is 1. The van der Waals surface area contributed by atoms with Crippen LogP contribution in [0.3, 0.4) is 0 Å². The topological polar surface area (TPSA) is 32.3 Å². The van der Waals surface area contributed by atoms with Gasteiger partial charge >= 0.3 is 0 Å². The second-order valence-electron chi connectivity index (χ2n) is 5.27. The Morgan fingerprint density at radius 2 is 2.26 bits per heavy atom. The van der Waals surface area contributed by atoms with Crippen LogP contribution in [-0.2, 0) is 0 Å². The molecular weight excluding hydrogens is 267 g/mol. The maximum Gasteiger partial charge on any atom is 0.258 e. The van der Waals surface area contributed by atoms with E-state index in [4.69, 9.17) is 11.6 Å². The summed E-state index contributed by atoms with van der Waals surface area (Å²) in [6.45, 7) is 2.35. The molecule has 2 aliphatic heterocycles. The quantitative estimate of drug-likeness (QED) is 0.857. The summed E-state index contributed by atoms with van der Waals surface area (Å²) in [4.78, 5) is 14.1. The van der Waals surface area contributed by atoms with Crippen molar-refractivity contribution in [1.29, 1.82) is 0 Å². The normalized spacial score (nSPS) is 26.3. The summed E-state index contributed by atoms with van der Waals surface area (Å²) in [7, 11) is 0. The van der Waals surface area contributed by atoms with E-state index < -0.39 is 5.82 Å². The third-order valence-corrected chi connectivity index (χ3v) is 4.38. The van der Waals surface area contributed by atoms with Crippen LogP contribution in [0.15, 0.2) is 18.2 Å². The number of hydrogen-bond acceptors (Lipinski definition) is 2. The zero-order valence-corrected chi connectivity index (χ0v) is 11.3.